The number of fused-ring (bicyclic) bond motifs is 5. The molecule has 5 unspecified atom stereocenters. The third-order valence-electron chi connectivity index (χ3n) is 5.37. The van der Waals surface area contributed by atoms with Crippen molar-refractivity contribution in [3.8, 4) is 0 Å². The smallest absolute Gasteiger partial charge is 0.224 e. The maximum absolute atomic E-state index is 12.2. The van der Waals surface area contributed by atoms with Gasteiger partial charge in [-0.25, -0.2) is 0 Å². The monoisotopic (exact) mass is 237 g/mol. The molecule has 0 aliphatic heterocycles. The summed E-state index contributed by atoms with van der Waals surface area (Å²) in [6, 6.07) is -0.0681. The normalized spacial score (nSPS) is 43.6. The summed E-state index contributed by atoms with van der Waals surface area (Å²) in [5.74, 6) is 3.87. The molecule has 5 atom stereocenters. The fraction of sp³-hybridized carbons (Fsp3) is 0.929. The number of aliphatic hydroxyl groups is 1. The summed E-state index contributed by atoms with van der Waals surface area (Å²) in [6.07, 6.45) is 4.08. The molecule has 3 aliphatic rings. The molecule has 0 aromatic carbocycles. The van der Waals surface area contributed by atoms with Crippen LogP contribution in [0, 0.1) is 35.5 Å². The Morgan fingerprint density at radius 3 is 2.35 bits per heavy atom. The number of carbonyl (C=O) groups is 1. The van der Waals surface area contributed by atoms with Gasteiger partial charge < -0.3 is 10.4 Å². The summed E-state index contributed by atoms with van der Waals surface area (Å²) in [4.78, 5) is 12.2. The van der Waals surface area contributed by atoms with Gasteiger partial charge in [0.05, 0.1) is 12.6 Å². The first-order valence-corrected chi connectivity index (χ1v) is 7.04. The molecule has 2 bridgehead atoms. The van der Waals surface area contributed by atoms with E-state index in [4.69, 9.17) is 0 Å². The van der Waals surface area contributed by atoms with Crippen molar-refractivity contribution in [2.24, 2.45) is 35.5 Å². The highest BCUT2D eigenvalue weighted by Gasteiger charge is 2.67. The fourth-order valence-corrected chi connectivity index (χ4v) is 4.38. The molecule has 96 valence electrons. The maximum Gasteiger partial charge on any atom is 0.224 e. The van der Waals surface area contributed by atoms with E-state index in [-0.39, 0.29) is 24.5 Å². The van der Waals surface area contributed by atoms with E-state index >= 15 is 0 Å². The highest BCUT2D eigenvalue weighted by Crippen LogP contribution is 2.69. The third kappa shape index (κ3) is 1.70. The Labute approximate surface area is 103 Å². The Morgan fingerprint density at radius 1 is 1.29 bits per heavy atom. The largest absolute Gasteiger partial charge is 0.394 e. The molecule has 0 aromatic heterocycles. The molecule has 1 amide bonds. The Kier molecular flexibility index (Phi) is 2.69. The van der Waals surface area contributed by atoms with Crippen LogP contribution in [0.4, 0.5) is 0 Å². The fourth-order valence-electron chi connectivity index (χ4n) is 4.38. The molecular formula is C14H23NO2. The molecule has 0 saturated heterocycles. The predicted octanol–water partition coefficient (Wildman–Crippen LogP) is 1.41. The van der Waals surface area contributed by atoms with Crippen molar-refractivity contribution in [1.29, 1.82) is 0 Å². The number of amides is 1. The van der Waals surface area contributed by atoms with Crippen LogP contribution in [0.15, 0.2) is 0 Å². The van der Waals surface area contributed by atoms with Crippen molar-refractivity contribution in [3.05, 3.63) is 0 Å². The Bertz CT molecular complexity index is 312. The molecule has 3 rings (SSSR count). The van der Waals surface area contributed by atoms with Gasteiger partial charge >= 0.3 is 0 Å². The van der Waals surface area contributed by atoms with Crippen LogP contribution in [0.25, 0.3) is 0 Å². The van der Waals surface area contributed by atoms with Gasteiger partial charge in [-0.3, -0.25) is 4.79 Å². The molecule has 2 N–H and O–H groups in total. The lowest BCUT2D eigenvalue weighted by atomic mass is 10.0. The maximum atomic E-state index is 12.2. The topological polar surface area (TPSA) is 49.3 Å². The summed E-state index contributed by atoms with van der Waals surface area (Å²) in [5.41, 5.74) is 0. The van der Waals surface area contributed by atoms with Crippen molar-refractivity contribution in [3.63, 3.8) is 0 Å². The summed E-state index contributed by atoms with van der Waals surface area (Å²) in [7, 11) is 0. The predicted molar refractivity (Wildman–Crippen MR) is 65.2 cm³/mol. The van der Waals surface area contributed by atoms with E-state index in [0.29, 0.717) is 17.8 Å². The van der Waals surface area contributed by atoms with E-state index in [0.717, 1.165) is 11.8 Å². The molecule has 3 fully saturated rings. The first-order chi connectivity index (χ1) is 8.13. The van der Waals surface area contributed by atoms with Gasteiger partial charge in [-0.2, -0.15) is 0 Å². The number of nitrogens with one attached hydrogen (secondary N) is 1. The minimum atomic E-state index is -0.0681. The van der Waals surface area contributed by atoms with E-state index < -0.39 is 0 Å². The van der Waals surface area contributed by atoms with Crippen LogP contribution >= 0.6 is 0 Å². The third-order valence-corrected chi connectivity index (χ3v) is 5.37. The van der Waals surface area contributed by atoms with Gasteiger partial charge in [0, 0.05) is 5.92 Å². The summed E-state index contributed by atoms with van der Waals surface area (Å²) >= 11 is 0. The molecule has 0 heterocycles. The summed E-state index contributed by atoms with van der Waals surface area (Å²) in [6.45, 7) is 4.13. The highest BCUT2D eigenvalue weighted by atomic mass is 16.3. The van der Waals surface area contributed by atoms with Gasteiger partial charge in [0.1, 0.15) is 0 Å². The molecule has 3 heteroatoms. The molecule has 17 heavy (non-hydrogen) atoms. The average Bonchev–Trinajstić information content (AvgIpc) is 2.75. The van der Waals surface area contributed by atoms with E-state index in [1.54, 1.807) is 0 Å². The Balaban J connectivity index is 1.58. The molecule has 3 nitrogen and oxygen atoms in total. The lowest BCUT2D eigenvalue weighted by molar-refractivity contribution is -0.124. The van der Waals surface area contributed by atoms with E-state index in [1.165, 1.54) is 19.3 Å². The summed E-state index contributed by atoms with van der Waals surface area (Å²) < 4.78 is 0. The molecular weight excluding hydrogens is 214 g/mol. The highest BCUT2D eigenvalue weighted by molar-refractivity contribution is 5.83. The van der Waals surface area contributed by atoms with E-state index in [1.807, 2.05) is 13.8 Å². The SMILES string of the molecule is CC(C)C(CO)NC(=O)C1C2C3CCC(C3)C12. The van der Waals surface area contributed by atoms with Crippen molar-refractivity contribution >= 4 is 5.91 Å². The van der Waals surface area contributed by atoms with Crippen molar-refractivity contribution < 1.29 is 9.90 Å². The molecule has 3 aliphatic carbocycles. The zero-order chi connectivity index (χ0) is 12.2. The van der Waals surface area contributed by atoms with Crippen molar-refractivity contribution in [1.82, 2.24) is 5.32 Å². The van der Waals surface area contributed by atoms with Crippen LogP contribution < -0.4 is 5.32 Å². The molecule has 0 spiro atoms. The molecule has 0 aromatic rings. The number of rotatable bonds is 4. The minimum absolute atomic E-state index is 0.0539. The van der Waals surface area contributed by atoms with Crippen LogP contribution in [0.3, 0.4) is 0 Å². The second-order valence-electron chi connectivity index (χ2n) is 6.56. The van der Waals surface area contributed by atoms with Crippen LogP contribution in [0.2, 0.25) is 0 Å². The standard InChI is InChI=1S/C14H23NO2/c1-7(2)10(6-16)15-14(17)13-11-8-3-4-9(5-8)12(11)13/h7-13,16H,3-6H2,1-2H3,(H,15,17). The number of hydrogen-bond donors (Lipinski definition) is 2. The van der Waals surface area contributed by atoms with Crippen LogP contribution in [-0.4, -0.2) is 23.7 Å². The zero-order valence-electron chi connectivity index (χ0n) is 10.7. The van der Waals surface area contributed by atoms with Crippen molar-refractivity contribution in [2.45, 2.75) is 39.2 Å². The van der Waals surface area contributed by atoms with Gasteiger partial charge in [0.25, 0.3) is 0 Å². The Hall–Kier alpha value is -0.570. The van der Waals surface area contributed by atoms with E-state index in [9.17, 15) is 9.90 Å². The van der Waals surface area contributed by atoms with Gasteiger partial charge in [0.2, 0.25) is 5.91 Å². The van der Waals surface area contributed by atoms with Crippen molar-refractivity contribution in [2.75, 3.05) is 6.61 Å². The van der Waals surface area contributed by atoms with Gasteiger partial charge in [-0.05, 0) is 48.9 Å². The summed E-state index contributed by atoms with van der Waals surface area (Å²) in [5, 5.41) is 12.3. The second-order valence-corrected chi connectivity index (χ2v) is 6.56. The number of hydrogen-bond acceptors (Lipinski definition) is 2. The first-order valence-electron chi connectivity index (χ1n) is 7.04. The van der Waals surface area contributed by atoms with Gasteiger partial charge in [-0.15, -0.1) is 0 Å². The zero-order valence-corrected chi connectivity index (χ0v) is 10.7. The first kappa shape index (κ1) is 11.5. The van der Waals surface area contributed by atoms with E-state index in [2.05, 4.69) is 5.32 Å². The van der Waals surface area contributed by atoms with Crippen LogP contribution in [0.1, 0.15) is 33.1 Å². The van der Waals surface area contributed by atoms with Gasteiger partial charge in [0.15, 0.2) is 0 Å². The van der Waals surface area contributed by atoms with Crippen LogP contribution in [0.5, 0.6) is 0 Å². The Morgan fingerprint density at radius 2 is 1.88 bits per heavy atom. The second kappa shape index (κ2) is 3.98. The molecule has 0 radical (unpaired) electrons. The quantitative estimate of drug-likeness (QED) is 0.776. The number of aliphatic hydroxyl groups excluding tert-OH is 1. The average molecular weight is 237 g/mol. The lowest BCUT2D eigenvalue weighted by Gasteiger charge is -2.20. The van der Waals surface area contributed by atoms with Gasteiger partial charge in [-0.1, -0.05) is 13.8 Å². The minimum Gasteiger partial charge on any atom is -0.394 e. The molecule has 3 saturated carbocycles. The lowest BCUT2D eigenvalue weighted by Crippen LogP contribution is -2.42. The number of carbonyl (C=O) groups excluding carboxylic acids is 1. The van der Waals surface area contributed by atoms with Crippen LogP contribution in [-0.2, 0) is 4.79 Å².